The van der Waals surface area contributed by atoms with Crippen LogP contribution >= 0.6 is 0 Å². The Morgan fingerprint density at radius 3 is 2.40 bits per heavy atom. The van der Waals surface area contributed by atoms with E-state index < -0.39 is 16.4 Å². The number of hydrogen-bond donors (Lipinski definition) is 0. The van der Waals surface area contributed by atoms with E-state index in [0.29, 0.717) is 11.3 Å². The highest BCUT2D eigenvalue weighted by atomic mass is 16.6. The number of methoxy groups -OCH3 is 1. The highest BCUT2D eigenvalue weighted by Gasteiger charge is 2.41. The predicted octanol–water partition coefficient (Wildman–Crippen LogP) is 3.36. The molecule has 0 N–H and O–H groups in total. The summed E-state index contributed by atoms with van der Waals surface area (Å²) in [5, 5.41) is 28.1. The van der Waals surface area contributed by atoms with E-state index in [-0.39, 0.29) is 12.1 Å². The van der Waals surface area contributed by atoms with Crippen molar-refractivity contribution in [3.8, 4) is 6.07 Å². The van der Waals surface area contributed by atoms with Gasteiger partial charge in [0.1, 0.15) is 6.07 Å². The molecule has 0 saturated heterocycles. The average Bonchev–Trinajstić information content (AvgIpc) is 2.65. The molecule has 0 aromatic heterocycles. The molecule has 2 aromatic rings. The van der Waals surface area contributed by atoms with Gasteiger partial charge in [0, 0.05) is 18.6 Å². The third kappa shape index (κ3) is 4.23. The Balaban J connectivity index is 2.35. The van der Waals surface area contributed by atoms with Gasteiger partial charge in [-0.2, -0.15) is 15.5 Å². The summed E-state index contributed by atoms with van der Waals surface area (Å²) < 4.78 is 4.71. The van der Waals surface area contributed by atoms with E-state index in [1.54, 1.807) is 30.3 Å². The maximum Gasteiger partial charge on any atom is 0.350 e. The van der Waals surface area contributed by atoms with Crippen LogP contribution < -0.4 is 0 Å². The van der Waals surface area contributed by atoms with Crippen LogP contribution in [0, 0.1) is 21.4 Å². The lowest BCUT2D eigenvalue weighted by Crippen LogP contribution is -2.38. The molecule has 0 aliphatic heterocycles. The number of nitro groups is 1. The van der Waals surface area contributed by atoms with Gasteiger partial charge < -0.3 is 4.74 Å². The van der Waals surface area contributed by atoms with Crippen molar-refractivity contribution >= 4 is 17.3 Å². The fourth-order valence-corrected chi connectivity index (χ4v) is 2.09. The molecule has 0 radical (unpaired) electrons. The van der Waals surface area contributed by atoms with E-state index in [9.17, 15) is 20.2 Å². The van der Waals surface area contributed by atoms with Crippen molar-refractivity contribution in [2.75, 3.05) is 7.11 Å². The van der Waals surface area contributed by atoms with Gasteiger partial charge in [0.25, 0.3) is 11.2 Å². The number of nitro benzene ring substituents is 1. The summed E-state index contributed by atoms with van der Waals surface area (Å²) in [5.74, 6) is -0.854. The number of ether oxygens (including phenoxy) is 1. The van der Waals surface area contributed by atoms with E-state index >= 15 is 0 Å². The molecule has 1 atom stereocenters. The molecule has 8 nitrogen and oxygen atoms in total. The van der Waals surface area contributed by atoms with E-state index in [1.165, 1.54) is 24.3 Å². The molecule has 0 fully saturated rings. The molecule has 126 valence electrons. The van der Waals surface area contributed by atoms with Crippen molar-refractivity contribution < 1.29 is 14.5 Å². The highest BCUT2D eigenvalue weighted by Crippen LogP contribution is 2.24. The van der Waals surface area contributed by atoms with E-state index in [0.717, 1.165) is 7.11 Å². The summed E-state index contributed by atoms with van der Waals surface area (Å²) in [6, 6.07) is 16.0. The second kappa shape index (κ2) is 7.79. The number of esters is 1. The molecular formula is C17H14N4O4. The first-order valence-electron chi connectivity index (χ1n) is 7.22. The molecule has 25 heavy (non-hydrogen) atoms. The Hall–Kier alpha value is -3.60. The number of carbonyl (C=O) groups is 1. The SMILES string of the molecule is COC(=O)C(C#N)(Cc1ccc([N+](=O)[O-])cc1)N=Nc1ccccc1. The minimum Gasteiger partial charge on any atom is -0.466 e. The van der Waals surface area contributed by atoms with Crippen LogP contribution in [0.5, 0.6) is 0 Å². The molecule has 0 bridgehead atoms. The first-order chi connectivity index (χ1) is 12.0. The van der Waals surface area contributed by atoms with Crippen LogP contribution in [0.4, 0.5) is 11.4 Å². The lowest BCUT2D eigenvalue weighted by atomic mass is 9.93. The first kappa shape index (κ1) is 17.7. The van der Waals surface area contributed by atoms with Crippen LogP contribution in [0.1, 0.15) is 5.56 Å². The van der Waals surface area contributed by atoms with Crippen molar-refractivity contribution in [1.82, 2.24) is 0 Å². The molecule has 8 heteroatoms. The van der Waals surface area contributed by atoms with Crippen LogP contribution in [0.25, 0.3) is 0 Å². The van der Waals surface area contributed by atoms with Crippen LogP contribution in [-0.2, 0) is 16.0 Å². The van der Waals surface area contributed by atoms with Gasteiger partial charge in [0.05, 0.1) is 17.7 Å². The number of benzene rings is 2. The van der Waals surface area contributed by atoms with Crippen molar-refractivity contribution in [2.24, 2.45) is 10.2 Å². The van der Waals surface area contributed by atoms with E-state index in [2.05, 4.69) is 10.2 Å². The fourth-order valence-electron chi connectivity index (χ4n) is 2.09. The van der Waals surface area contributed by atoms with E-state index in [4.69, 9.17) is 4.74 Å². The quantitative estimate of drug-likeness (QED) is 0.346. The summed E-state index contributed by atoms with van der Waals surface area (Å²) in [7, 11) is 1.16. The summed E-state index contributed by atoms with van der Waals surface area (Å²) in [5.41, 5.74) is -0.963. The molecule has 0 amide bonds. The molecule has 0 aliphatic carbocycles. The molecule has 0 aliphatic rings. The molecule has 0 spiro atoms. The zero-order valence-corrected chi connectivity index (χ0v) is 13.3. The zero-order chi connectivity index (χ0) is 18.3. The standard InChI is InChI=1S/C17H14N4O4/c1-25-16(22)17(12-18,20-19-14-5-3-2-4-6-14)11-13-7-9-15(10-8-13)21(23)24/h2-10H,11H2,1H3. The van der Waals surface area contributed by atoms with Gasteiger partial charge in [0.15, 0.2) is 0 Å². The van der Waals surface area contributed by atoms with Crippen LogP contribution in [0.3, 0.4) is 0 Å². The number of carbonyl (C=O) groups excluding carboxylic acids is 1. The second-order valence-electron chi connectivity index (χ2n) is 5.10. The summed E-state index contributed by atoms with van der Waals surface area (Å²) in [6.07, 6.45) is -0.121. The number of hydrogen-bond acceptors (Lipinski definition) is 7. The van der Waals surface area contributed by atoms with Crippen LogP contribution in [-0.4, -0.2) is 23.5 Å². The Morgan fingerprint density at radius 2 is 1.88 bits per heavy atom. The van der Waals surface area contributed by atoms with Gasteiger partial charge in [-0.1, -0.05) is 30.3 Å². The molecular weight excluding hydrogens is 324 g/mol. The number of rotatable bonds is 6. The Kier molecular flexibility index (Phi) is 5.53. The zero-order valence-electron chi connectivity index (χ0n) is 13.3. The third-order valence-corrected chi connectivity index (χ3v) is 3.41. The van der Waals surface area contributed by atoms with Crippen molar-refractivity contribution in [3.05, 3.63) is 70.3 Å². The van der Waals surface area contributed by atoms with Gasteiger partial charge in [0.2, 0.25) is 0 Å². The average molecular weight is 338 g/mol. The highest BCUT2D eigenvalue weighted by molar-refractivity contribution is 5.85. The smallest absolute Gasteiger partial charge is 0.350 e. The molecule has 2 rings (SSSR count). The van der Waals surface area contributed by atoms with Gasteiger partial charge in [-0.25, -0.2) is 4.79 Å². The van der Waals surface area contributed by atoms with E-state index in [1.807, 2.05) is 6.07 Å². The van der Waals surface area contributed by atoms with Crippen LogP contribution in [0.2, 0.25) is 0 Å². The minimum atomic E-state index is -1.87. The maximum absolute atomic E-state index is 12.2. The number of nitrogens with zero attached hydrogens (tertiary/aromatic N) is 4. The molecule has 1 unspecified atom stereocenters. The normalized spacial score (nSPS) is 13.0. The second-order valence-corrected chi connectivity index (χ2v) is 5.10. The Labute approximate surface area is 143 Å². The minimum absolute atomic E-state index is 0.0877. The Morgan fingerprint density at radius 1 is 1.24 bits per heavy atom. The lowest BCUT2D eigenvalue weighted by molar-refractivity contribution is -0.384. The van der Waals surface area contributed by atoms with Crippen molar-refractivity contribution in [1.29, 1.82) is 5.26 Å². The predicted molar refractivity (Wildman–Crippen MR) is 88.1 cm³/mol. The molecule has 0 heterocycles. The largest absolute Gasteiger partial charge is 0.466 e. The fraction of sp³-hybridized carbons (Fsp3) is 0.176. The Bertz CT molecular complexity index is 828. The van der Waals surface area contributed by atoms with Gasteiger partial charge >= 0.3 is 5.97 Å². The number of nitriles is 1. The molecule has 0 saturated carbocycles. The maximum atomic E-state index is 12.2. The third-order valence-electron chi connectivity index (χ3n) is 3.41. The number of non-ortho nitro benzene ring substituents is 1. The van der Waals surface area contributed by atoms with Gasteiger partial charge in [-0.15, -0.1) is 0 Å². The van der Waals surface area contributed by atoms with Gasteiger partial charge in [-0.3, -0.25) is 10.1 Å². The van der Waals surface area contributed by atoms with Crippen molar-refractivity contribution in [3.63, 3.8) is 0 Å². The summed E-state index contributed by atoms with van der Waals surface area (Å²) in [6.45, 7) is 0. The molecule has 2 aromatic carbocycles. The van der Waals surface area contributed by atoms with Crippen LogP contribution in [0.15, 0.2) is 64.8 Å². The lowest BCUT2D eigenvalue weighted by Gasteiger charge is -2.18. The first-order valence-corrected chi connectivity index (χ1v) is 7.22. The number of azo groups is 1. The monoisotopic (exact) mass is 338 g/mol. The topological polar surface area (TPSA) is 118 Å². The van der Waals surface area contributed by atoms with Crippen molar-refractivity contribution in [2.45, 2.75) is 12.0 Å². The summed E-state index contributed by atoms with van der Waals surface area (Å²) >= 11 is 0. The summed E-state index contributed by atoms with van der Waals surface area (Å²) in [4.78, 5) is 22.3. The van der Waals surface area contributed by atoms with Gasteiger partial charge in [-0.05, 0) is 17.7 Å².